The third kappa shape index (κ3) is 7.70. The number of rotatable bonds is 8. The molecule has 0 heterocycles. The maximum atomic E-state index is 12.0. The summed E-state index contributed by atoms with van der Waals surface area (Å²) in [4.78, 5) is 13.8. The number of benzene rings is 1. The molecule has 24 heavy (non-hydrogen) atoms. The Hall–Kier alpha value is -1.73. The van der Waals surface area contributed by atoms with Crippen molar-refractivity contribution in [3.05, 3.63) is 46.5 Å². The second kappa shape index (κ2) is 10.2. The Morgan fingerprint density at radius 3 is 2.67 bits per heavy atom. The van der Waals surface area contributed by atoms with Crippen LogP contribution in [0.25, 0.3) is 0 Å². The molecule has 11 heteroatoms. The summed E-state index contributed by atoms with van der Waals surface area (Å²) in [7, 11) is -3.83. The van der Waals surface area contributed by atoms with Crippen LogP contribution >= 0.6 is 24.0 Å². The summed E-state index contributed by atoms with van der Waals surface area (Å²) in [6.45, 7) is 6.15. The van der Waals surface area contributed by atoms with E-state index in [4.69, 9.17) is 5.73 Å². The van der Waals surface area contributed by atoms with Crippen LogP contribution in [0.1, 0.15) is 6.92 Å². The number of nitro groups is 1. The van der Waals surface area contributed by atoms with Crippen LogP contribution in [0.4, 0.5) is 5.69 Å². The molecule has 0 bridgehead atoms. The third-order valence-electron chi connectivity index (χ3n) is 2.58. The van der Waals surface area contributed by atoms with Gasteiger partial charge < -0.3 is 11.1 Å². The lowest BCUT2D eigenvalue weighted by Gasteiger charge is -2.08. The minimum Gasteiger partial charge on any atom is -0.370 e. The molecule has 0 saturated carbocycles. The second-order valence-corrected chi connectivity index (χ2v) is 6.50. The molecule has 0 radical (unpaired) electrons. The Kier molecular flexibility index (Phi) is 9.47. The smallest absolute Gasteiger partial charge is 0.270 e. The number of nitrogens with two attached hydrogens (primary N) is 1. The first-order valence-electron chi connectivity index (χ1n) is 6.64. The van der Waals surface area contributed by atoms with Gasteiger partial charge in [-0.2, -0.15) is 0 Å². The van der Waals surface area contributed by atoms with Gasteiger partial charge in [0.25, 0.3) is 5.69 Å². The number of guanidine groups is 1. The van der Waals surface area contributed by atoms with E-state index in [1.165, 1.54) is 18.2 Å². The minimum atomic E-state index is -3.83. The highest BCUT2D eigenvalue weighted by Crippen LogP contribution is 2.16. The Bertz CT molecular complexity index is 721. The molecular formula is C13H20IN5O4S. The van der Waals surface area contributed by atoms with Crippen LogP contribution in [0.5, 0.6) is 0 Å². The van der Waals surface area contributed by atoms with Crippen LogP contribution in [0.15, 0.2) is 46.3 Å². The number of non-ortho nitro benzene ring substituents is 1. The largest absolute Gasteiger partial charge is 0.370 e. The van der Waals surface area contributed by atoms with Gasteiger partial charge in [0.05, 0.1) is 16.4 Å². The first-order valence-corrected chi connectivity index (χ1v) is 8.13. The second-order valence-electron chi connectivity index (χ2n) is 4.74. The number of aliphatic imine (C=N–C) groups is 1. The predicted octanol–water partition coefficient (Wildman–Crippen LogP) is 0.972. The predicted molar refractivity (Wildman–Crippen MR) is 103 cm³/mol. The molecule has 0 aliphatic heterocycles. The fourth-order valence-corrected chi connectivity index (χ4v) is 2.57. The zero-order valence-corrected chi connectivity index (χ0v) is 16.2. The maximum absolute atomic E-state index is 12.0. The van der Waals surface area contributed by atoms with Crippen molar-refractivity contribution in [1.29, 1.82) is 0 Å². The Morgan fingerprint density at radius 1 is 1.42 bits per heavy atom. The lowest BCUT2D eigenvalue weighted by Crippen LogP contribution is -2.38. The standard InChI is InChI=1S/C13H19N5O4S.HI/c1-10(2)9-16-13(14)15-6-7-17-23(21,22)12-5-3-4-11(8-12)18(19)20;/h3-5,8,17H,1,6-7,9H2,2H3,(H3,14,15,16);1H. The highest BCUT2D eigenvalue weighted by molar-refractivity contribution is 14.0. The maximum Gasteiger partial charge on any atom is 0.270 e. The van der Waals surface area contributed by atoms with Gasteiger partial charge in [0.1, 0.15) is 0 Å². The monoisotopic (exact) mass is 469 g/mol. The number of hydrogen-bond donors (Lipinski definition) is 3. The average molecular weight is 469 g/mol. The molecule has 0 spiro atoms. The van der Waals surface area contributed by atoms with Crippen LogP contribution in [-0.4, -0.2) is 38.9 Å². The van der Waals surface area contributed by atoms with Gasteiger partial charge in [-0.25, -0.2) is 18.1 Å². The van der Waals surface area contributed by atoms with Gasteiger partial charge >= 0.3 is 0 Å². The van der Waals surface area contributed by atoms with Crippen LogP contribution < -0.4 is 15.8 Å². The molecule has 0 atom stereocenters. The zero-order valence-electron chi connectivity index (χ0n) is 13.1. The summed E-state index contributed by atoms with van der Waals surface area (Å²) < 4.78 is 26.4. The lowest BCUT2D eigenvalue weighted by molar-refractivity contribution is -0.385. The number of sulfonamides is 1. The summed E-state index contributed by atoms with van der Waals surface area (Å²) in [5.74, 6) is 0.183. The van der Waals surface area contributed by atoms with Crippen LogP contribution in [0.2, 0.25) is 0 Å². The van der Waals surface area contributed by atoms with Crippen molar-refractivity contribution in [2.45, 2.75) is 11.8 Å². The Labute approximate surface area is 157 Å². The SMILES string of the molecule is C=C(C)CN=C(N)NCCNS(=O)(=O)c1cccc([N+](=O)[O-])c1.I. The molecule has 0 fully saturated rings. The summed E-state index contributed by atoms with van der Waals surface area (Å²) in [6, 6.07) is 4.82. The third-order valence-corrected chi connectivity index (χ3v) is 4.04. The van der Waals surface area contributed by atoms with Crippen molar-refractivity contribution in [3.8, 4) is 0 Å². The molecule has 0 unspecified atom stereocenters. The molecule has 0 amide bonds. The molecule has 1 aromatic carbocycles. The van der Waals surface area contributed by atoms with Crippen LogP contribution in [0.3, 0.4) is 0 Å². The number of halogens is 1. The minimum absolute atomic E-state index is 0. The van der Waals surface area contributed by atoms with E-state index in [2.05, 4.69) is 21.6 Å². The first kappa shape index (κ1) is 22.3. The van der Waals surface area contributed by atoms with E-state index in [0.29, 0.717) is 6.54 Å². The van der Waals surface area contributed by atoms with Crippen LogP contribution in [-0.2, 0) is 10.0 Å². The van der Waals surface area contributed by atoms with Crippen molar-refractivity contribution in [1.82, 2.24) is 10.0 Å². The quantitative estimate of drug-likeness (QED) is 0.0986. The van der Waals surface area contributed by atoms with Crippen molar-refractivity contribution in [2.24, 2.45) is 10.7 Å². The Balaban J connectivity index is 0.00000529. The van der Waals surface area contributed by atoms with Crippen molar-refractivity contribution in [3.63, 3.8) is 0 Å². The molecule has 0 aliphatic rings. The van der Waals surface area contributed by atoms with Crippen molar-refractivity contribution < 1.29 is 13.3 Å². The zero-order chi connectivity index (χ0) is 17.5. The molecule has 0 aromatic heterocycles. The van der Waals surface area contributed by atoms with E-state index < -0.39 is 14.9 Å². The number of nitrogens with one attached hydrogen (secondary N) is 2. The molecule has 0 saturated heterocycles. The molecule has 0 aliphatic carbocycles. The summed E-state index contributed by atoms with van der Waals surface area (Å²) >= 11 is 0. The van der Waals surface area contributed by atoms with Gasteiger partial charge in [-0.15, -0.1) is 24.0 Å². The van der Waals surface area contributed by atoms with E-state index in [-0.39, 0.29) is 53.6 Å². The average Bonchev–Trinajstić information content (AvgIpc) is 2.49. The molecule has 1 aromatic rings. The molecule has 1 rings (SSSR count). The summed E-state index contributed by atoms with van der Waals surface area (Å²) in [5.41, 5.74) is 6.14. The Morgan fingerprint density at radius 2 is 2.08 bits per heavy atom. The highest BCUT2D eigenvalue weighted by atomic mass is 127. The summed E-state index contributed by atoms with van der Waals surface area (Å²) in [6.07, 6.45) is 0. The van der Waals surface area contributed by atoms with E-state index in [1.54, 1.807) is 0 Å². The number of nitrogens with zero attached hydrogens (tertiary/aromatic N) is 2. The van der Waals surface area contributed by atoms with Gasteiger partial charge in [-0.1, -0.05) is 18.2 Å². The van der Waals surface area contributed by atoms with Gasteiger partial charge in [-0.3, -0.25) is 10.1 Å². The van der Waals surface area contributed by atoms with Gasteiger partial charge in [0.2, 0.25) is 10.0 Å². The normalized spacial score (nSPS) is 11.5. The lowest BCUT2D eigenvalue weighted by atomic mass is 10.3. The van der Waals surface area contributed by atoms with E-state index >= 15 is 0 Å². The highest BCUT2D eigenvalue weighted by Gasteiger charge is 2.16. The van der Waals surface area contributed by atoms with E-state index in [1.807, 2.05) is 6.92 Å². The van der Waals surface area contributed by atoms with Crippen molar-refractivity contribution >= 4 is 45.6 Å². The van der Waals surface area contributed by atoms with E-state index in [9.17, 15) is 18.5 Å². The topological polar surface area (TPSA) is 140 Å². The first-order chi connectivity index (χ1) is 10.7. The number of nitro benzene ring substituents is 1. The summed E-state index contributed by atoms with van der Waals surface area (Å²) in [5, 5.41) is 13.4. The molecular weight excluding hydrogens is 449 g/mol. The van der Waals surface area contributed by atoms with Crippen molar-refractivity contribution in [2.75, 3.05) is 19.6 Å². The molecule has 9 nitrogen and oxygen atoms in total. The van der Waals surface area contributed by atoms with Gasteiger partial charge in [0.15, 0.2) is 5.96 Å². The number of hydrogen-bond acceptors (Lipinski definition) is 5. The van der Waals surface area contributed by atoms with Crippen LogP contribution in [0, 0.1) is 10.1 Å². The molecule has 4 N–H and O–H groups in total. The van der Waals surface area contributed by atoms with Gasteiger partial charge in [0, 0.05) is 25.2 Å². The van der Waals surface area contributed by atoms with E-state index in [0.717, 1.165) is 11.6 Å². The van der Waals surface area contributed by atoms with Gasteiger partial charge in [-0.05, 0) is 13.0 Å². The fraction of sp³-hybridized carbons (Fsp3) is 0.308. The fourth-order valence-electron chi connectivity index (χ4n) is 1.50. The molecule has 134 valence electrons.